The Balaban J connectivity index is 4.81. The van der Waals surface area contributed by atoms with E-state index in [1.54, 1.807) is 6.92 Å². The van der Waals surface area contributed by atoms with Crippen LogP contribution in [0.15, 0.2) is 0 Å². The monoisotopic (exact) mass is 291 g/mol. The van der Waals surface area contributed by atoms with Gasteiger partial charge in [-0.05, 0) is 19.3 Å². The first-order valence-corrected chi connectivity index (χ1v) is 7.40. The van der Waals surface area contributed by atoms with Crippen molar-refractivity contribution < 1.29 is 18.3 Å². The van der Waals surface area contributed by atoms with Gasteiger partial charge in [-0.15, -0.1) is 0 Å². The van der Waals surface area contributed by atoms with Gasteiger partial charge in [-0.1, -0.05) is 13.8 Å². The van der Waals surface area contributed by atoms with Crippen LogP contribution in [0.4, 0.5) is 0 Å². The van der Waals surface area contributed by atoms with Crippen LogP contribution in [0.2, 0.25) is 0 Å². The van der Waals surface area contributed by atoms with Crippen LogP contribution < -0.4 is 4.72 Å². The van der Waals surface area contributed by atoms with Gasteiger partial charge in [0, 0.05) is 13.6 Å². The van der Waals surface area contributed by atoms with Gasteiger partial charge in [-0.3, -0.25) is 4.79 Å². The number of aliphatic carboxylic acids is 1. The van der Waals surface area contributed by atoms with E-state index in [-0.39, 0.29) is 18.9 Å². The van der Waals surface area contributed by atoms with Crippen LogP contribution in [-0.2, 0) is 15.0 Å². The first kappa shape index (κ1) is 17.8. The highest BCUT2D eigenvalue weighted by molar-refractivity contribution is 7.87. The van der Waals surface area contributed by atoms with Crippen molar-refractivity contribution in [3.8, 4) is 6.07 Å². The maximum atomic E-state index is 11.9. The fraction of sp³-hybridized carbons (Fsp3) is 0.818. The van der Waals surface area contributed by atoms with E-state index in [9.17, 15) is 13.2 Å². The van der Waals surface area contributed by atoms with Crippen molar-refractivity contribution in [1.29, 1.82) is 5.26 Å². The Bertz CT molecular complexity index is 441. The predicted octanol–water partition coefficient (Wildman–Crippen LogP) is 0.412. The molecule has 0 heterocycles. The van der Waals surface area contributed by atoms with Crippen molar-refractivity contribution in [3.05, 3.63) is 0 Å². The summed E-state index contributed by atoms with van der Waals surface area (Å²) in [7, 11) is -2.59. The molecule has 110 valence electrons. The van der Waals surface area contributed by atoms with Gasteiger partial charge < -0.3 is 5.11 Å². The maximum Gasteiger partial charge on any atom is 0.321 e. The number of carboxylic acids is 1. The number of hydrogen-bond acceptors (Lipinski definition) is 4. The summed E-state index contributed by atoms with van der Waals surface area (Å²) >= 11 is 0. The smallest absolute Gasteiger partial charge is 0.321 e. The molecule has 8 heteroatoms. The highest BCUT2D eigenvalue weighted by Crippen LogP contribution is 2.08. The number of nitriles is 1. The van der Waals surface area contributed by atoms with E-state index in [1.165, 1.54) is 7.05 Å². The molecular weight excluding hydrogens is 270 g/mol. The van der Waals surface area contributed by atoms with Crippen LogP contribution in [0.3, 0.4) is 0 Å². The van der Waals surface area contributed by atoms with Gasteiger partial charge in [0.25, 0.3) is 10.2 Å². The largest absolute Gasteiger partial charge is 0.480 e. The summed E-state index contributed by atoms with van der Waals surface area (Å²) in [6.45, 7) is 5.23. The second-order valence-corrected chi connectivity index (χ2v) is 6.76. The zero-order valence-electron chi connectivity index (χ0n) is 11.6. The molecule has 19 heavy (non-hydrogen) atoms. The summed E-state index contributed by atoms with van der Waals surface area (Å²) in [6, 6.07) is 0.764. The molecule has 0 spiro atoms. The van der Waals surface area contributed by atoms with Crippen molar-refractivity contribution in [2.45, 2.75) is 33.2 Å². The van der Waals surface area contributed by atoms with E-state index in [0.717, 1.165) is 4.31 Å². The van der Waals surface area contributed by atoms with Gasteiger partial charge in [0.2, 0.25) is 0 Å². The minimum atomic E-state index is -3.90. The highest BCUT2D eigenvalue weighted by Gasteiger charge is 2.28. The summed E-state index contributed by atoms with van der Waals surface area (Å²) in [5.41, 5.74) is 0. The number of nitrogens with zero attached hydrogens (tertiary/aromatic N) is 2. The topological polar surface area (TPSA) is 111 Å². The van der Waals surface area contributed by atoms with Gasteiger partial charge in [-0.2, -0.15) is 22.7 Å². The first-order valence-electron chi connectivity index (χ1n) is 5.96. The Kier molecular flexibility index (Phi) is 6.97. The van der Waals surface area contributed by atoms with Crippen LogP contribution in [0.25, 0.3) is 0 Å². The van der Waals surface area contributed by atoms with E-state index in [2.05, 4.69) is 4.72 Å². The Hall–Kier alpha value is -1.17. The van der Waals surface area contributed by atoms with Gasteiger partial charge >= 0.3 is 5.97 Å². The summed E-state index contributed by atoms with van der Waals surface area (Å²) in [5, 5.41) is 17.6. The van der Waals surface area contributed by atoms with Gasteiger partial charge in [0.05, 0.1) is 12.0 Å². The molecule has 0 aromatic rings. The summed E-state index contributed by atoms with van der Waals surface area (Å²) in [5.74, 6) is -1.62. The molecule has 0 aromatic carbocycles. The molecule has 2 atom stereocenters. The van der Waals surface area contributed by atoms with Crippen molar-refractivity contribution in [3.63, 3.8) is 0 Å². The molecule has 0 aliphatic carbocycles. The zero-order valence-corrected chi connectivity index (χ0v) is 12.4. The number of nitrogens with one attached hydrogen (secondary N) is 1. The SMILES string of the molecule is CC(C)C[C@@H](NS(=O)(=O)N(C)CC(C)C#N)C(=O)O. The van der Waals surface area contributed by atoms with Crippen molar-refractivity contribution in [1.82, 2.24) is 9.03 Å². The fourth-order valence-corrected chi connectivity index (χ4v) is 2.62. The van der Waals surface area contributed by atoms with Gasteiger partial charge in [0.15, 0.2) is 0 Å². The van der Waals surface area contributed by atoms with Crippen LogP contribution in [-0.4, -0.2) is 43.4 Å². The predicted molar refractivity (Wildman–Crippen MR) is 70.3 cm³/mol. The van der Waals surface area contributed by atoms with Crippen LogP contribution in [0, 0.1) is 23.2 Å². The molecule has 0 saturated heterocycles. The molecule has 0 rings (SSSR count). The molecule has 0 amide bonds. The molecule has 0 aliphatic heterocycles. The Morgan fingerprint density at radius 3 is 2.32 bits per heavy atom. The Labute approximate surface area is 114 Å². The second-order valence-electron chi connectivity index (χ2n) is 4.95. The van der Waals surface area contributed by atoms with E-state index in [1.807, 2.05) is 19.9 Å². The summed E-state index contributed by atoms with van der Waals surface area (Å²) < 4.78 is 26.9. The van der Waals surface area contributed by atoms with Crippen molar-refractivity contribution in [2.75, 3.05) is 13.6 Å². The lowest BCUT2D eigenvalue weighted by Gasteiger charge is -2.22. The van der Waals surface area contributed by atoms with Gasteiger partial charge in [-0.25, -0.2) is 0 Å². The molecule has 2 N–H and O–H groups in total. The number of carboxylic acid groups (broad SMARTS) is 1. The molecule has 0 bridgehead atoms. The molecule has 0 aromatic heterocycles. The summed E-state index contributed by atoms with van der Waals surface area (Å²) in [4.78, 5) is 11.0. The standard InChI is InChI=1S/C11H21N3O4S/c1-8(2)5-10(11(15)16)13-19(17,18)14(4)7-9(3)6-12/h8-10,13H,5,7H2,1-4H3,(H,15,16)/t9?,10-/m1/s1. The Morgan fingerprint density at radius 2 is 1.95 bits per heavy atom. The third kappa shape index (κ3) is 6.52. The lowest BCUT2D eigenvalue weighted by atomic mass is 10.1. The van der Waals surface area contributed by atoms with Crippen molar-refractivity contribution in [2.24, 2.45) is 11.8 Å². The zero-order chi connectivity index (χ0) is 15.2. The number of rotatable bonds is 8. The number of hydrogen-bond donors (Lipinski definition) is 2. The van der Waals surface area contributed by atoms with Crippen LogP contribution in [0.5, 0.6) is 0 Å². The maximum absolute atomic E-state index is 11.9. The van der Waals surface area contributed by atoms with E-state index in [4.69, 9.17) is 10.4 Å². The highest BCUT2D eigenvalue weighted by atomic mass is 32.2. The quantitative estimate of drug-likeness (QED) is 0.673. The lowest BCUT2D eigenvalue weighted by molar-refractivity contribution is -0.139. The number of carbonyl (C=O) groups is 1. The molecule has 1 unspecified atom stereocenters. The van der Waals surface area contributed by atoms with Crippen LogP contribution in [0.1, 0.15) is 27.2 Å². The second kappa shape index (κ2) is 7.43. The van der Waals surface area contributed by atoms with E-state index >= 15 is 0 Å². The van der Waals surface area contributed by atoms with E-state index in [0.29, 0.717) is 0 Å². The molecule has 0 saturated carbocycles. The average molecular weight is 291 g/mol. The van der Waals surface area contributed by atoms with E-state index < -0.39 is 28.1 Å². The molecule has 0 radical (unpaired) electrons. The van der Waals surface area contributed by atoms with Crippen molar-refractivity contribution >= 4 is 16.2 Å². The molecule has 7 nitrogen and oxygen atoms in total. The van der Waals surface area contributed by atoms with Crippen LogP contribution >= 0.6 is 0 Å². The average Bonchev–Trinajstić information content (AvgIpc) is 2.26. The lowest BCUT2D eigenvalue weighted by Crippen LogP contribution is -2.48. The minimum Gasteiger partial charge on any atom is -0.480 e. The third-order valence-electron chi connectivity index (χ3n) is 2.46. The van der Waals surface area contributed by atoms with Gasteiger partial charge in [0.1, 0.15) is 6.04 Å². The Morgan fingerprint density at radius 1 is 1.42 bits per heavy atom. The molecule has 0 aliphatic rings. The fourth-order valence-electron chi connectivity index (χ4n) is 1.47. The molecule has 0 fully saturated rings. The first-order chi connectivity index (χ1) is 8.60. The third-order valence-corrected chi connectivity index (χ3v) is 4.01. The summed E-state index contributed by atoms with van der Waals surface area (Å²) in [6.07, 6.45) is 0.205. The molecular formula is C11H21N3O4S. The normalized spacial score (nSPS) is 15.2. The minimum absolute atomic E-state index is 0.0137.